The van der Waals surface area contributed by atoms with Crippen LogP contribution in [-0.2, 0) is 6.54 Å². The van der Waals surface area contributed by atoms with Crippen LogP contribution in [-0.4, -0.2) is 17.5 Å². The minimum Gasteiger partial charge on any atom is -0.398 e. The number of carbonyl (C=O) groups is 1. The Labute approximate surface area is 162 Å². The molecule has 1 aliphatic rings. The van der Waals surface area contributed by atoms with E-state index < -0.39 is 0 Å². The fourth-order valence-electron chi connectivity index (χ4n) is 2.97. The number of amidine groups is 1. The maximum absolute atomic E-state index is 12.5. The van der Waals surface area contributed by atoms with Gasteiger partial charge in [0.25, 0.3) is 5.91 Å². The highest BCUT2D eigenvalue weighted by atomic mass is 16.2. The normalized spacial score (nSPS) is 13.1. The van der Waals surface area contributed by atoms with E-state index in [1.165, 1.54) is 0 Å². The van der Waals surface area contributed by atoms with E-state index in [-0.39, 0.29) is 5.91 Å². The third-order valence-corrected chi connectivity index (χ3v) is 4.42. The Bertz CT molecular complexity index is 1070. The first-order valence-corrected chi connectivity index (χ1v) is 8.90. The standard InChI is InChI=1S/C22H19N5O/c23-18-12-6-5-11-17(18)22(28)27-26-20(15-8-2-1-3-9-15)21-24-14-16-10-4-7-13-19(16)25-21/h1-13H,14,23H2,(H,24,25)(H,27,28)/b26-20+. The van der Waals surface area contributed by atoms with Crippen molar-refractivity contribution in [1.29, 1.82) is 0 Å². The van der Waals surface area contributed by atoms with E-state index in [2.05, 4.69) is 20.8 Å². The van der Waals surface area contributed by atoms with E-state index in [1.807, 2.05) is 54.6 Å². The summed E-state index contributed by atoms with van der Waals surface area (Å²) in [6.07, 6.45) is 0. The van der Waals surface area contributed by atoms with E-state index in [9.17, 15) is 4.79 Å². The Morgan fingerprint density at radius 3 is 2.50 bits per heavy atom. The maximum atomic E-state index is 12.5. The molecular weight excluding hydrogens is 350 g/mol. The van der Waals surface area contributed by atoms with Crippen LogP contribution in [0.25, 0.3) is 0 Å². The number of fused-ring (bicyclic) bond motifs is 1. The summed E-state index contributed by atoms with van der Waals surface area (Å²) in [4.78, 5) is 17.1. The molecule has 0 fully saturated rings. The molecule has 0 aliphatic carbocycles. The van der Waals surface area contributed by atoms with Crippen molar-refractivity contribution in [2.24, 2.45) is 10.1 Å². The van der Waals surface area contributed by atoms with Crippen LogP contribution in [0.3, 0.4) is 0 Å². The molecule has 4 N–H and O–H groups in total. The van der Waals surface area contributed by atoms with E-state index in [4.69, 9.17) is 5.73 Å². The van der Waals surface area contributed by atoms with E-state index in [0.29, 0.717) is 29.3 Å². The number of hydrogen-bond acceptors (Lipinski definition) is 5. The van der Waals surface area contributed by atoms with Crippen LogP contribution in [0.4, 0.5) is 11.4 Å². The SMILES string of the molecule is Nc1ccccc1C(=O)N/N=C(/C1=NCc2ccccc2N1)c1ccccc1. The number of nitrogens with two attached hydrogens (primary N) is 1. The molecule has 28 heavy (non-hydrogen) atoms. The first kappa shape index (κ1) is 17.5. The molecule has 0 unspecified atom stereocenters. The maximum Gasteiger partial charge on any atom is 0.273 e. The molecule has 0 saturated carbocycles. The molecule has 3 aromatic rings. The Morgan fingerprint density at radius 2 is 1.68 bits per heavy atom. The van der Waals surface area contributed by atoms with E-state index in [0.717, 1.165) is 16.8 Å². The van der Waals surface area contributed by atoms with Crippen LogP contribution < -0.4 is 16.5 Å². The molecule has 6 nitrogen and oxygen atoms in total. The number of nitrogens with zero attached hydrogens (tertiary/aromatic N) is 2. The summed E-state index contributed by atoms with van der Waals surface area (Å²) in [6.45, 7) is 0.546. The average Bonchev–Trinajstić information content (AvgIpc) is 2.75. The van der Waals surface area contributed by atoms with Gasteiger partial charge in [0.15, 0.2) is 5.84 Å². The number of amides is 1. The third kappa shape index (κ3) is 3.61. The molecule has 0 atom stereocenters. The predicted octanol–water partition coefficient (Wildman–Crippen LogP) is 3.43. The predicted molar refractivity (Wildman–Crippen MR) is 113 cm³/mol. The van der Waals surface area contributed by atoms with Crippen LogP contribution >= 0.6 is 0 Å². The molecule has 3 aromatic carbocycles. The summed E-state index contributed by atoms with van der Waals surface area (Å²) in [6, 6.07) is 24.5. The smallest absolute Gasteiger partial charge is 0.273 e. The zero-order valence-corrected chi connectivity index (χ0v) is 15.1. The number of aliphatic imine (C=N–C) groups is 1. The molecule has 138 valence electrons. The lowest BCUT2D eigenvalue weighted by Gasteiger charge is -2.19. The zero-order valence-electron chi connectivity index (χ0n) is 15.1. The number of para-hydroxylation sites is 2. The lowest BCUT2D eigenvalue weighted by atomic mass is 10.1. The highest BCUT2D eigenvalue weighted by Gasteiger charge is 2.18. The zero-order chi connectivity index (χ0) is 19.3. The number of hydrazone groups is 1. The van der Waals surface area contributed by atoms with Gasteiger partial charge in [-0.1, -0.05) is 60.7 Å². The van der Waals surface area contributed by atoms with Gasteiger partial charge in [0.1, 0.15) is 5.71 Å². The highest BCUT2D eigenvalue weighted by molar-refractivity contribution is 6.51. The number of nitrogens with one attached hydrogen (secondary N) is 2. The average molecular weight is 369 g/mol. The first-order valence-electron chi connectivity index (χ1n) is 8.90. The number of anilines is 2. The second-order valence-electron chi connectivity index (χ2n) is 6.30. The van der Waals surface area contributed by atoms with Crippen LogP contribution in [0.15, 0.2) is 89.0 Å². The Morgan fingerprint density at radius 1 is 0.964 bits per heavy atom. The molecule has 1 amide bonds. The molecular formula is C22H19N5O. The molecule has 4 rings (SSSR count). The Hall–Kier alpha value is -3.93. The van der Waals surface area contributed by atoms with Crippen molar-refractivity contribution in [3.63, 3.8) is 0 Å². The first-order chi connectivity index (χ1) is 13.7. The van der Waals surface area contributed by atoms with Gasteiger partial charge < -0.3 is 11.1 Å². The van der Waals surface area contributed by atoms with Gasteiger partial charge in [-0.05, 0) is 23.8 Å². The van der Waals surface area contributed by atoms with Crippen LogP contribution in [0.2, 0.25) is 0 Å². The van der Waals surface area contributed by atoms with E-state index >= 15 is 0 Å². The largest absolute Gasteiger partial charge is 0.398 e. The summed E-state index contributed by atoms with van der Waals surface area (Å²) < 4.78 is 0. The van der Waals surface area contributed by atoms with E-state index in [1.54, 1.807) is 24.3 Å². The molecule has 1 heterocycles. The molecule has 0 aromatic heterocycles. The topological polar surface area (TPSA) is 91.9 Å². The minimum absolute atomic E-state index is 0.372. The molecule has 0 saturated heterocycles. The number of hydrogen-bond donors (Lipinski definition) is 3. The summed E-state index contributed by atoms with van der Waals surface area (Å²) in [7, 11) is 0. The van der Waals surface area contributed by atoms with Crippen LogP contribution in [0, 0.1) is 0 Å². The second-order valence-corrected chi connectivity index (χ2v) is 6.30. The van der Waals surface area contributed by atoms with Crippen molar-refractivity contribution in [2.75, 3.05) is 11.1 Å². The molecule has 0 spiro atoms. The minimum atomic E-state index is -0.372. The molecule has 0 radical (unpaired) electrons. The van der Waals surface area contributed by atoms with Gasteiger partial charge in [0.05, 0.1) is 12.1 Å². The fraction of sp³-hybridized carbons (Fsp3) is 0.0455. The molecule has 0 bridgehead atoms. The molecule has 1 aliphatic heterocycles. The van der Waals surface area contributed by atoms with Gasteiger partial charge >= 0.3 is 0 Å². The third-order valence-electron chi connectivity index (χ3n) is 4.42. The number of benzene rings is 3. The van der Waals surface area contributed by atoms with Crippen LogP contribution in [0.1, 0.15) is 21.5 Å². The fourth-order valence-corrected chi connectivity index (χ4v) is 2.97. The van der Waals surface area contributed by atoms with Crippen molar-refractivity contribution in [2.45, 2.75) is 6.54 Å². The monoisotopic (exact) mass is 369 g/mol. The Kier molecular flexibility index (Phi) is 4.84. The molecule has 6 heteroatoms. The number of nitrogen functional groups attached to an aromatic ring is 1. The van der Waals surface area contributed by atoms with Gasteiger partial charge in [-0.15, -0.1) is 0 Å². The highest BCUT2D eigenvalue weighted by Crippen LogP contribution is 2.21. The summed E-state index contributed by atoms with van der Waals surface area (Å²) in [5, 5.41) is 7.69. The van der Waals surface area contributed by atoms with Crippen LogP contribution in [0.5, 0.6) is 0 Å². The van der Waals surface area contributed by atoms with Gasteiger partial charge in [-0.2, -0.15) is 5.10 Å². The second kappa shape index (κ2) is 7.75. The van der Waals surface area contributed by atoms with Crippen molar-refractivity contribution >= 4 is 28.8 Å². The van der Waals surface area contributed by atoms with Gasteiger partial charge in [-0.25, -0.2) is 5.43 Å². The summed E-state index contributed by atoms with van der Waals surface area (Å²) in [5.41, 5.74) is 12.8. The van der Waals surface area contributed by atoms with Crippen molar-refractivity contribution < 1.29 is 4.79 Å². The Balaban J connectivity index is 1.66. The van der Waals surface area contributed by atoms with Crippen molar-refractivity contribution in [1.82, 2.24) is 5.43 Å². The lowest BCUT2D eigenvalue weighted by molar-refractivity contribution is 0.0956. The summed E-state index contributed by atoms with van der Waals surface area (Å²) in [5.74, 6) is 0.231. The van der Waals surface area contributed by atoms with Crippen molar-refractivity contribution in [3.8, 4) is 0 Å². The van der Waals surface area contributed by atoms with Gasteiger partial charge in [-0.3, -0.25) is 9.79 Å². The lowest BCUT2D eigenvalue weighted by Crippen LogP contribution is -2.31. The summed E-state index contributed by atoms with van der Waals surface area (Å²) >= 11 is 0. The number of rotatable bonds is 4. The number of carbonyl (C=O) groups excluding carboxylic acids is 1. The quantitative estimate of drug-likeness (QED) is 0.374. The van der Waals surface area contributed by atoms with Crippen molar-refractivity contribution in [3.05, 3.63) is 95.6 Å². The van der Waals surface area contributed by atoms with Gasteiger partial charge in [0.2, 0.25) is 0 Å². The van der Waals surface area contributed by atoms with Gasteiger partial charge in [0, 0.05) is 16.9 Å².